The fraction of sp³-hybridized carbons (Fsp3) is 0.158. The average molecular weight is 386 g/mol. The minimum absolute atomic E-state index is 0.0639. The van der Waals surface area contributed by atoms with E-state index >= 15 is 0 Å². The summed E-state index contributed by atoms with van der Waals surface area (Å²) in [5, 5.41) is 9.98. The third-order valence-corrected chi connectivity index (χ3v) is 3.91. The van der Waals surface area contributed by atoms with Crippen LogP contribution in [0.2, 0.25) is 0 Å². The van der Waals surface area contributed by atoms with E-state index in [1.54, 1.807) is 30.3 Å². The van der Waals surface area contributed by atoms with Gasteiger partial charge in [-0.1, -0.05) is 18.2 Å². The predicted octanol–water partition coefficient (Wildman–Crippen LogP) is 2.20. The summed E-state index contributed by atoms with van der Waals surface area (Å²) >= 11 is 0. The number of carbonyl (C=O) groups is 3. The van der Waals surface area contributed by atoms with Gasteiger partial charge in [-0.2, -0.15) is 5.10 Å². The van der Waals surface area contributed by atoms with Crippen LogP contribution in [-0.4, -0.2) is 30.0 Å². The lowest BCUT2D eigenvalue weighted by molar-refractivity contribution is -0.120. The summed E-state index contributed by atoms with van der Waals surface area (Å²) < 4.78 is 26.0. The van der Waals surface area contributed by atoms with Crippen LogP contribution in [0.25, 0.3) is 0 Å². The van der Waals surface area contributed by atoms with Crippen LogP contribution in [0.5, 0.6) is 0 Å². The summed E-state index contributed by atoms with van der Waals surface area (Å²) in [6.45, 7) is -0.393. The maximum atomic E-state index is 13.2. The normalized spacial score (nSPS) is 13.7. The quantitative estimate of drug-likeness (QED) is 0.825. The van der Waals surface area contributed by atoms with E-state index in [0.717, 1.165) is 17.1 Å². The summed E-state index contributed by atoms with van der Waals surface area (Å²) in [5.74, 6) is -3.57. The van der Waals surface area contributed by atoms with E-state index in [1.165, 1.54) is 6.07 Å². The summed E-state index contributed by atoms with van der Waals surface area (Å²) in [5.41, 5.74) is 0.715. The minimum atomic E-state index is -1.09. The first-order chi connectivity index (χ1) is 13.4. The first-order valence-corrected chi connectivity index (χ1v) is 8.42. The van der Waals surface area contributed by atoms with E-state index in [0.29, 0.717) is 5.69 Å². The third kappa shape index (κ3) is 4.56. The summed E-state index contributed by atoms with van der Waals surface area (Å²) in [6, 6.07) is 11.6. The van der Waals surface area contributed by atoms with Crippen molar-refractivity contribution >= 4 is 34.8 Å². The second-order valence-corrected chi connectivity index (χ2v) is 5.95. The Labute approximate surface area is 159 Å². The molecule has 2 aromatic carbocycles. The van der Waals surface area contributed by atoms with Crippen LogP contribution in [-0.2, 0) is 14.4 Å². The van der Waals surface area contributed by atoms with Crippen molar-refractivity contribution in [2.24, 2.45) is 5.10 Å². The highest BCUT2D eigenvalue weighted by Gasteiger charge is 2.25. The minimum Gasteiger partial charge on any atom is -0.342 e. The molecule has 0 atom stereocenters. The number of carbonyl (C=O) groups excluding carboxylic acids is 3. The Hall–Kier alpha value is -3.62. The Kier molecular flexibility index (Phi) is 5.73. The first-order valence-electron chi connectivity index (χ1n) is 8.42. The van der Waals surface area contributed by atoms with E-state index in [2.05, 4.69) is 15.7 Å². The molecule has 0 aliphatic carbocycles. The highest BCUT2D eigenvalue weighted by atomic mass is 19.2. The van der Waals surface area contributed by atoms with Gasteiger partial charge in [-0.3, -0.25) is 14.4 Å². The molecule has 2 N–H and O–H groups in total. The van der Waals surface area contributed by atoms with Crippen LogP contribution in [0.4, 0.5) is 20.2 Å². The number of halogens is 2. The molecular formula is C19H16F2N4O3. The zero-order chi connectivity index (χ0) is 20.1. The third-order valence-electron chi connectivity index (χ3n) is 3.91. The van der Waals surface area contributed by atoms with Crippen LogP contribution in [0.3, 0.4) is 0 Å². The molecule has 0 saturated heterocycles. The SMILES string of the molecule is O=C(CNC(=O)C1=NN(c2ccccc2)C(=O)CC1)Nc1ccc(F)c(F)c1. The second-order valence-electron chi connectivity index (χ2n) is 5.95. The number of para-hydroxylation sites is 1. The number of nitrogens with zero attached hydrogens (tertiary/aromatic N) is 2. The van der Waals surface area contributed by atoms with Crippen LogP contribution < -0.4 is 15.6 Å². The van der Waals surface area contributed by atoms with Crippen LogP contribution in [0.15, 0.2) is 53.6 Å². The van der Waals surface area contributed by atoms with Gasteiger partial charge in [0.05, 0.1) is 12.2 Å². The van der Waals surface area contributed by atoms with E-state index in [4.69, 9.17) is 0 Å². The van der Waals surface area contributed by atoms with Crippen molar-refractivity contribution in [3.8, 4) is 0 Å². The molecule has 0 fully saturated rings. The van der Waals surface area contributed by atoms with Crippen molar-refractivity contribution in [2.45, 2.75) is 12.8 Å². The molecule has 3 amide bonds. The molecule has 144 valence electrons. The number of benzene rings is 2. The Morgan fingerprint density at radius 2 is 1.79 bits per heavy atom. The van der Waals surface area contributed by atoms with Gasteiger partial charge in [-0.25, -0.2) is 13.8 Å². The van der Waals surface area contributed by atoms with Gasteiger partial charge >= 0.3 is 0 Å². The topological polar surface area (TPSA) is 90.9 Å². The largest absolute Gasteiger partial charge is 0.342 e. The van der Waals surface area contributed by atoms with E-state index in [1.807, 2.05) is 0 Å². The van der Waals surface area contributed by atoms with E-state index < -0.39 is 30.0 Å². The molecule has 2 aromatic rings. The highest BCUT2D eigenvalue weighted by molar-refractivity contribution is 6.40. The Morgan fingerprint density at radius 1 is 1.04 bits per heavy atom. The molecular weight excluding hydrogens is 370 g/mol. The number of rotatable bonds is 5. The van der Waals surface area contributed by atoms with Gasteiger partial charge in [0.15, 0.2) is 11.6 Å². The van der Waals surface area contributed by atoms with Crippen molar-refractivity contribution < 1.29 is 23.2 Å². The lowest BCUT2D eigenvalue weighted by atomic mass is 10.1. The van der Waals surface area contributed by atoms with Gasteiger partial charge in [0.25, 0.3) is 5.91 Å². The number of hydrogen-bond donors (Lipinski definition) is 2. The van der Waals surface area contributed by atoms with E-state index in [-0.39, 0.29) is 30.1 Å². The molecule has 1 aliphatic heterocycles. The fourth-order valence-corrected chi connectivity index (χ4v) is 2.53. The second kappa shape index (κ2) is 8.38. The van der Waals surface area contributed by atoms with Crippen LogP contribution in [0, 0.1) is 11.6 Å². The number of amides is 3. The standard InChI is InChI=1S/C19H16F2N4O3/c20-14-7-6-12(10-15(14)21)23-17(26)11-22-19(28)16-8-9-18(27)25(24-16)13-4-2-1-3-5-13/h1-7,10H,8-9,11H2,(H,22,28)(H,23,26). The number of nitrogens with one attached hydrogen (secondary N) is 2. The molecule has 0 aromatic heterocycles. The molecule has 3 rings (SSSR count). The Balaban J connectivity index is 1.60. The zero-order valence-corrected chi connectivity index (χ0v) is 14.6. The van der Waals surface area contributed by atoms with Crippen molar-refractivity contribution in [3.63, 3.8) is 0 Å². The van der Waals surface area contributed by atoms with E-state index in [9.17, 15) is 23.2 Å². The average Bonchev–Trinajstić information content (AvgIpc) is 2.70. The van der Waals surface area contributed by atoms with Gasteiger partial charge in [0.1, 0.15) is 5.71 Å². The van der Waals surface area contributed by atoms with Crippen LogP contribution in [0.1, 0.15) is 12.8 Å². The Bertz CT molecular complexity index is 947. The Morgan fingerprint density at radius 3 is 2.50 bits per heavy atom. The lowest BCUT2D eigenvalue weighted by Gasteiger charge is -2.23. The summed E-state index contributed by atoms with van der Waals surface area (Å²) in [4.78, 5) is 36.2. The smallest absolute Gasteiger partial charge is 0.267 e. The molecule has 0 saturated carbocycles. The molecule has 0 radical (unpaired) electrons. The molecule has 9 heteroatoms. The van der Waals surface area contributed by atoms with Crippen molar-refractivity contribution in [1.29, 1.82) is 0 Å². The highest BCUT2D eigenvalue weighted by Crippen LogP contribution is 2.19. The molecule has 0 bridgehead atoms. The van der Waals surface area contributed by atoms with Gasteiger partial charge in [-0.05, 0) is 24.3 Å². The summed E-state index contributed by atoms with van der Waals surface area (Å²) in [7, 11) is 0. The predicted molar refractivity (Wildman–Crippen MR) is 98.6 cm³/mol. The van der Waals surface area contributed by atoms with Crippen molar-refractivity contribution in [1.82, 2.24) is 5.32 Å². The number of hydrogen-bond acceptors (Lipinski definition) is 4. The van der Waals surface area contributed by atoms with Gasteiger partial charge < -0.3 is 10.6 Å². The fourth-order valence-electron chi connectivity index (χ4n) is 2.53. The lowest BCUT2D eigenvalue weighted by Crippen LogP contribution is -2.41. The molecule has 1 heterocycles. The molecule has 28 heavy (non-hydrogen) atoms. The molecule has 1 aliphatic rings. The molecule has 7 nitrogen and oxygen atoms in total. The summed E-state index contributed by atoms with van der Waals surface area (Å²) in [6.07, 6.45) is 0.265. The van der Waals surface area contributed by atoms with Crippen LogP contribution >= 0.6 is 0 Å². The van der Waals surface area contributed by atoms with Gasteiger partial charge in [0.2, 0.25) is 11.8 Å². The van der Waals surface area contributed by atoms with Gasteiger partial charge in [0, 0.05) is 24.6 Å². The number of hydrazone groups is 1. The number of anilines is 2. The van der Waals surface area contributed by atoms with Crippen molar-refractivity contribution in [3.05, 3.63) is 60.2 Å². The molecule has 0 unspecified atom stereocenters. The van der Waals surface area contributed by atoms with Crippen molar-refractivity contribution in [2.75, 3.05) is 16.9 Å². The van der Waals surface area contributed by atoms with Gasteiger partial charge in [-0.15, -0.1) is 0 Å². The maximum absolute atomic E-state index is 13.2. The first kappa shape index (κ1) is 19.2. The maximum Gasteiger partial charge on any atom is 0.267 e. The molecule has 0 spiro atoms. The zero-order valence-electron chi connectivity index (χ0n) is 14.6. The monoisotopic (exact) mass is 386 g/mol.